The van der Waals surface area contributed by atoms with Gasteiger partial charge in [0.25, 0.3) is 0 Å². The summed E-state index contributed by atoms with van der Waals surface area (Å²) >= 11 is 0. The lowest BCUT2D eigenvalue weighted by molar-refractivity contribution is -0.139. The number of nitrogens with one attached hydrogen (secondary N) is 1. The summed E-state index contributed by atoms with van der Waals surface area (Å²) in [7, 11) is -1.36. The third-order valence-electron chi connectivity index (χ3n) is 6.00. The van der Waals surface area contributed by atoms with Crippen LogP contribution in [0.5, 0.6) is 0 Å². The van der Waals surface area contributed by atoms with Crippen molar-refractivity contribution in [1.29, 1.82) is 0 Å². The monoisotopic (exact) mass is 520 g/mol. The van der Waals surface area contributed by atoms with E-state index in [0.717, 1.165) is 32.7 Å². The highest BCUT2D eigenvalue weighted by atomic mass is 32.2. The van der Waals surface area contributed by atoms with E-state index in [1.54, 1.807) is 0 Å². The number of carbonyl (C=O) groups excluding carboxylic acids is 2. The van der Waals surface area contributed by atoms with Crippen molar-refractivity contribution >= 4 is 27.7 Å². The van der Waals surface area contributed by atoms with Crippen molar-refractivity contribution < 1.29 is 22.4 Å². The molecular formula is C26H37FN4O4S. The fourth-order valence-corrected chi connectivity index (χ4v) is 4.72. The second-order valence-corrected chi connectivity index (χ2v) is 10.9. The summed E-state index contributed by atoms with van der Waals surface area (Å²) in [4.78, 5) is 28.3. The summed E-state index contributed by atoms with van der Waals surface area (Å²) in [5.41, 5.74) is 1.14. The van der Waals surface area contributed by atoms with Crippen LogP contribution in [0, 0.1) is 5.82 Å². The molecule has 0 aromatic heterocycles. The summed E-state index contributed by atoms with van der Waals surface area (Å²) in [6, 6.07) is 13.6. The fraction of sp³-hybridized carbons (Fsp3) is 0.462. The summed E-state index contributed by atoms with van der Waals surface area (Å²) in [5.74, 6) is -1.33. The summed E-state index contributed by atoms with van der Waals surface area (Å²) < 4.78 is 41.7. The molecule has 2 aromatic carbocycles. The second-order valence-electron chi connectivity index (χ2n) is 8.84. The van der Waals surface area contributed by atoms with Gasteiger partial charge < -0.3 is 10.2 Å². The molecule has 0 saturated heterocycles. The van der Waals surface area contributed by atoms with E-state index in [4.69, 9.17) is 0 Å². The normalized spacial score (nSPS) is 13.2. The fourth-order valence-electron chi connectivity index (χ4n) is 3.66. The van der Waals surface area contributed by atoms with Crippen molar-refractivity contribution in [3.8, 4) is 0 Å². The Balaban J connectivity index is 2.42. The molecule has 1 N–H and O–H groups in total. The zero-order valence-electron chi connectivity index (χ0n) is 21.6. The first kappa shape index (κ1) is 29.3. The zero-order valence-corrected chi connectivity index (χ0v) is 22.5. The molecule has 0 aliphatic rings. The Morgan fingerprint density at radius 1 is 0.972 bits per heavy atom. The second kappa shape index (κ2) is 13.4. The first-order chi connectivity index (χ1) is 17.0. The van der Waals surface area contributed by atoms with Crippen molar-refractivity contribution in [1.82, 2.24) is 14.5 Å². The van der Waals surface area contributed by atoms with Gasteiger partial charge in [0.15, 0.2) is 0 Å². The Morgan fingerprint density at radius 2 is 1.58 bits per heavy atom. The van der Waals surface area contributed by atoms with E-state index in [1.165, 1.54) is 31.1 Å². The largest absolute Gasteiger partial charge is 0.352 e. The Labute approximate surface area is 214 Å². The van der Waals surface area contributed by atoms with Crippen molar-refractivity contribution in [2.45, 2.75) is 52.1 Å². The molecule has 0 aliphatic heterocycles. The maximum absolute atomic E-state index is 13.7. The lowest BCUT2D eigenvalue weighted by Crippen LogP contribution is -2.55. The zero-order chi connectivity index (χ0) is 26.9. The van der Waals surface area contributed by atoms with E-state index in [0.29, 0.717) is 12.8 Å². The third-order valence-corrected chi connectivity index (χ3v) is 7.82. The number of hydrogen-bond acceptors (Lipinski definition) is 4. The molecule has 0 unspecified atom stereocenters. The molecule has 0 radical (unpaired) electrons. The average molecular weight is 521 g/mol. The molecule has 0 fully saturated rings. The van der Waals surface area contributed by atoms with Crippen molar-refractivity contribution in [3.05, 3.63) is 66.0 Å². The van der Waals surface area contributed by atoms with Crippen molar-refractivity contribution in [2.75, 3.05) is 31.5 Å². The maximum Gasteiger partial charge on any atom is 0.304 e. The van der Waals surface area contributed by atoms with E-state index in [1.807, 2.05) is 51.1 Å². The lowest BCUT2D eigenvalue weighted by atomic mass is 10.1. The van der Waals surface area contributed by atoms with Gasteiger partial charge in [0.2, 0.25) is 11.8 Å². The van der Waals surface area contributed by atoms with E-state index < -0.39 is 34.5 Å². The summed E-state index contributed by atoms with van der Waals surface area (Å²) in [6.45, 7) is 5.36. The van der Waals surface area contributed by atoms with Gasteiger partial charge in [0, 0.05) is 26.7 Å². The van der Waals surface area contributed by atoms with Crippen LogP contribution in [0.2, 0.25) is 0 Å². The highest BCUT2D eigenvalue weighted by Gasteiger charge is 2.33. The number of rotatable bonds is 13. The van der Waals surface area contributed by atoms with Crippen LogP contribution in [0.4, 0.5) is 10.1 Å². The standard InChI is InChI=1S/C26H37FN4O4S/c1-6-20(3)28-26(33)24(7-2)30(18-17-21-11-9-8-10-12-21)25(32)19-31(36(34,35)29(4)5)23-15-13-22(27)14-16-23/h8-16,20,24H,6-7,17-19H2,1-5H3,(H,28,33)/t20-,24+/m1/s1. The van der Waals surface area contributed by atoms with Gasteiger partial charge in [-0.05, 0) is 56.0 Å². The highest BCUT2D eigenvalue weighted by Crippen LogP contribution is 2.21. The van der Waals surface area contributed by atoms with Crippen molar-refractivity contribution in [2.24, 2.45) is 0 Å². The molecule has 0 aliphatic carbocycles. The number of amides is 2. The highest BCUT2D eigenvalue weighted by molar-refractivity contribution is 7.90. The molecule has 0 spiro atoms. The third kappa shape index (κ3) is 7.76. The summed E-state index contributed by atoms with van der Waals surface area (Å²) in [5, 5.41) is 2.94. The van der Waals surface area contributed by atoms with Gasteiger partial charge >= 0.3 is 10.2 Å². The van der Waals surface area contributed by atoms with Crippen LogP contribution in [0.15, 0.2) is 54.6 Å². The molecule has 0 saturated carbocycles. The lowest BCUT2D eigenvalue weighted by Gasteiger charge is -2.34. The van der Waals surface area contributed by atoms with Crippen LogP contribution in [0.25, 0.3) is 0 Å². The molecular weight excluding hydrogens is 483 g/mol. The molecule has 2 amide bonds. The molecule has 2 atom stereocenters. The topological polar surface area (TPSA) is 90.0 Å². The van der Waals surface area contributed by atoms with Gasteiger partial charge in [0.1, 0.15) is 18.4 Å². The predicted molar refractivity (Wildman–Crippen MR) is 140 cm³/mol. The smallest absolute Gasteiger partial charge is 0.304 e. The summed E-state index contributed by atoms with van der Waals surface area (Å²) in [6.07, 6.45) is 1.59. The Hall–Kier alpha value is -2.98. The van der Waals surface area contributed by atoms with E-state index >= 15 is 0 Å². The molecule has 198 valence electrons. The first-order valence-electron chi connectivity index (χ1n) is 12.1. The van der Waals surface area contributed by atoms with Crippen LogP contribution in [0.3, 0.4) is 0 Å². The SMILES string of the molecule is CC[C@@H](C)NC(=O)[C@H](CC)N(CCc1ccccc1)C(=O)CN(c1ccc(F)cc1)S(=O)(=O)N(C)C. The van der Waals surface area contributed by atoms with Gasteiger partial charge in [-0.2, -0.15) is 12.7 Å². The number of halogens is 1. The van der Waals surface area contributed by atoms with E-state index in [-0.39, 0.29) is 24.2 Å². The minimum absolute atomic E-state index is 0.0672. The van der Waals surface area contributed by atoms with Crippen LogP contribution in [0.1, 0.15) is 39.2 Å². The Morgan fingerprint density at radius 3 is 2.11 bits per heavy atom. The minimum atomic E-state index is -4.08. The molecule has 8 nitrogen and oxygen atoms in total. The number of anilines is 1. The number of nitrogens with zero attached hydrogens (tertiary/aromatic N) is 3. The average Bonchev–Trinajstić information content (AvgIpc) is 2.85. The molecule has 0 bridgehead atoms. The minimum Gasteiger partial charge on any atom is -0.352 e. The van der Waals surface area contributed by atoms with Crippen molar-refractivity contribution in [3.63, 3.8) is 0 Å². The van der Waals surface area contributed by atoms with Gasteiger partial charge in [-0.1, -0.05) is 44.2 Å². The molecule has 2 aromatic rings. The van der Waals surface area contributed by atoms with Crippen LogP contribution >= 0.6 is 0 Å². The Bertz CT molecular complexity index is 1090. The van der Waals surface area contributed by atoms with Gasteiger partial charge in [-0.3, -0.25) is 9.59 Å². The Kier molecular flexibility index (Phi) is 10.9. The van der Waals surface area contributed by atoms with Crippen LogP contribution < -0.4 is 9.62 Å². The first-order valence-corrected chi connectivity index (χ1v) is 13.5. The maximum atomic E-state index is 13.7. The van der Waals surface area contributed by atoms with Gasteiger partial charge in [0.05, 0.1) is 5.69 Å². The molecule has 36 heavy (non-hydrogen) atoms. The predicted octanol–water partition coefficient (Wildman–Crippen LogP) is 3.20. The molecule has 0 heterocycles. The van der Waals surface area contributed by atoms with Crippen LogP contribution in [-0.4, -0.2) is 68.7 Å². The molecule has 2 rings (SSSR count). The van der Waals surface area contributed by atoms with Gasteiger partial charge in [-0.25, -0.2) is 8.70 Å². The number of carbonyl (C=O) groups is 2. The van der Waals surface area contributed by atoms with Crippen LogP contribution in [-0.2, 0) is 26.2 Å². The quantitative estimate of drug-likeness (QED) is 0.439. The van der Waals surface area contributed by atoms with Gasteiger partial charge in [-0.15, -0.1) is 0 Å². The van der Waals surface area contributed by atoms with E-state index in [9.17, 15) is 22.4 Å². The molecule has 10 heteroatoms. The van der Waals surface area contributed by atoms with E-state index in [2.05, 4.69) is 5.32 Å². The number of benzene rings is 2. The number of hydrogen-bond donors (Lipinski definition) is 1.